The first-order valence-corrected chi connectivity index (χ1v) is 12.6. The normalized spacial score (nSPS) is 31.1. The smallest absolute Gasteiger partial charge is 0.335 e. The van der Waals surface area contributed by atoms with Gasteiger partial charge in [-0.05, 0) is 18.2 Å². The molecule has 3 heterocycles. The number of fused-ring (bicyclic) bond motifs is 1. The number of ether oxygens (including phenoxy) is 4. The van der Waals surface area contributed by atoms with Crippen LogP contribution in [0.4, 0.5) is 0 Å². The largest absolute Gasteiger partial charge is 0.508 e. The molecule has 2 aliphatic heterocycles. The molecule has 2 fully saturated rings. The zero-order valence-electron chi connectivity index (χ0n) is 21.6. The second-order valence-corrected chi connectivity index (χ2v) is 9.84. The molecule has 2 saturated heterocycles. The van der Waals surface area contributed by atoms with Crippen LogP contribution in [0.3, 0.4) is 0 Å². The number of carboxylic acid groups (broad SMARTS) is 1. The van der Waals surface area contributed by atoms with Gasteiger partial charge >= 0.3 is 5.97 Å². The van der Waals surface area contributed by atoms with E-state index in [0.29, 0.717) is 0 Å². The molecule has 17 heteroatoms. The molecule has 17 nitrogen and oxygen atoms in total. The topological polar surface area (TPSA) is 286 Å². The van der Waals surface area contributed by atoms with E-state index >= 15 is 0 Å². The Hall–Kier alpha value is -4.20. The fraction of sp³-hybridized carbons (Fsp3) is 0.385. The number of hydrogen-bond donors (Lipinski definition) is 10. The van der Waals surface area contributed by atoms with Gasteiger partial charge in [0.1, 0.15) is 53.0 Å². The predicted molar refractivity (Wildman–Crippen MR) is 136 cm³/mol. The third-order valence-corrected chi connectivity index (χ3v) is 6.92. The lowest BCUT2D eigenvalue weighted by Crippen LogP contribution is -2.64. The molecular weight excluding hydrogens is 584 g/mol. The maximum absolute atomic E-state index is 13.7. The lowest BCUT2D eigenvalue weighted by Gasteiger charge is -2.43. The molecule has 2 aliphatic rings. The van der Waals surface area contributed by atoms with Crippen LogP contribution >= 0.6 is 0 Å². The minimum Gasteiger partial charge on any atom is -0.508 e. The molecule has 232 valence electrons. The Balaban J connectivity index is 1.63. The highest BCUT2D eigenvalue weighted by molar-refractivity contribution is 5.88. The molecule has 0 bridgehead atoms. The van der Waals surface area contributed by atoms with E-state index in [1.54, 1.807) is 0 Å². The molecule has 1 aromatic heterocycles. The molecule has 0 amide bonds. The molecular formula is C26H26O17. The summed E-state index contributed by atoms with van der Waals surface area (Å²) in [4.78, 5) is 25.5. The van der Waals surface area contributed by atoms with Crippen LogP contribution < -0.4 is 10.2 Å². The van der Waals surface area contributed by atoms with E-state index in [9.17, 15) is 60.7 Å². The zero-order chi connectivity index (χ0) is 31.3. The average molecular weight is 610 g/mol. The van der Waals surface area contributed by atoms with Gasteiger partial charge in [0.05, 0.1) is 6.61 Å². The van der Waals surface area contributed by atoms with Crippen molar-refractivity contribution >= 4 is 16.9 Å². The first-order valence-electron chi connectivity index (χ1n) is 12.6. The number of aliphatic hydroxyl groups excluding tert-OH is 5. The van der Waals surface area contributed by atoms with Crippen LogP contribution in [0.25, 0.3) is 22.3 Å². The van der Waals surface area contributed by atoms with Crippen molar-refractivity contribution in [2.45, 2.75) is 55.3 Å². The van der Waals surface area contributed by atoms with Crippen LogP contribution in [0.2, 0.25) is 0 Å². The van der Waals surface area contributed by atoms with Gasteiger partial charge in [-0.2, -0.15) is 0 Å². The minimum atomic E-state index is -2.15. The first-order chi connectivity index (χ1) is 20.3. The SMILES string of the molecule is O=C(O)[C@H]1O[C@@H](Oc2c(-c3ccc(O)c(O)c3)oc3cc(O)cc(O)c3c2=O)[C@H](O[C@@H]2OC[C@@H](O)[C@H](O)[C@H]2O)[C@@H](O)[C@@H]1O. The molecule has 3 aromatic rings. The third kappa shape index (κ3) is 5.51. The third-order valence-electron chi connectivity index (χ3n) is 6.92. The number of aromatic hydroxyl groups is 4. The van der Waals surface area contributed by atoms with Gasteiger partial charge in [-0.15, -0.1) is 0 Å². The average Bonchev–Trinajstić information content (AvgIpc) is 2.94. The first kappa shape index (κ1) is 30.3. The van der Waals surface area contributed by atoms with E-state index in [0.717, 1.165) is 24.3 Å². The summed E-state index contributed by atoms with van der Waals surface area (Å²) in [6.07, 6.45) is -17.5. The van der Waals surface area contributed by atoms with Crippen molar-refractivity contribution in [2.75, 3.05) is 6.61 Å². The van der Waals surface area contributed by atoms with E-state index in [2.05, 4.69) is 0 Å². The van der Waals surface area contributed by atoms with Gasteiger partial charge in [0, 0.05) is 17.7 Å². The summed E-state index contributed by atoms with van der Waals surface area (Å²) in [5.74, 6) is -5.53. The van der Waals surface area contributed by atoms with Gasteiger partial charge in [-0.25, -0.2) is 4.79 Å². The quantitative estimate of drug-likeness (QED) is 0.135. The monoisotopic (exact) mass is 610 g/mol. The van der Waals surface area contributed by atoms with E-state index in [4.69, 9.17) is 23.4 Å². The van der Waals surface area contributed by atoms with E-state index in [1.165, 1.54) is 6.07 Å². The molecule has 0 radical (unpaired) electrons. The number of phenols is 4. The Morgan fingerprint density at radius 1 is 0.837 bits per heavy atom. The number of rotatable bonds is 6. The van der Waals surface area contributed by atoms with E-state index in [-0.39, 0.29) is 11.1 Å². The molecule has 2 aromatic carbocycles. The molecule has 9 atom stereocenters. The highest BCUT2D eigenvalue weighted by atomic mass is 16.8. The highest BCUT2D eigenvalue weighted by Crippen LogP contribution is 2.40. The van der Waals surface area contributed by atoms with Crippen molar-refractivity contribution < 1.29 is 79.2 Å². The number of aliphatic carboxylic acids is 1. The molecule has 0 unspecified atom stereocenters. The number of carbonyl (C=O) groups is 1. The van der Waals surface area contributed by atoms with Crippen molar-refractivity contribution in [3.63, 3.8) is 0 Å². The van der Waals surface area contributed by atoms with Gasteiger partial charge in [0.2, 0.25) is 17.5 Å². The second-order valence-electron chi connectivity index (χ2n) is 9.84. The van der Waals surface area contributed by atoms with Crippen molar-refractivity contribution in [2.24, 2.45) is 0 Å². The minimum absolute atomic E-state index is 0.112. The number of hydrogen-bond acceptors (Lipinski definition) is 16. The summed E-state index contributed by atoms with van der Waals surface area (Å²) in [5, 5.41) is 101. The van der Waals surface area contributed by atoms with Crippen molar-refractivity contribution in [3.8, 4) is 40.1 Å². The lowest BCUT2D eigenvalue weighted by atomic mass is 9.98. The van der Waals surface area contributed by atoms with Gasteiger partial charge in [0.25, 0.3) is 0 Å². The molecule has 0 saturated carbocycles. The second kappa shape index (κ2) is 11.5. The maximum Gasteiger partial charge on any atom is 0.335 e. The number of benzene rings is 2. The van der Waals surface area contributed by atoms with Crippen molar-refractivity contribution in [1.82, 2.24) is 0 Å². The summed E-state index contributed by atoms with van der Waals surface area (Å²) >= 11 is 0. The molecule has 10 N–H and O–H groups in total. The Labute approximate surface area is 239 Å². The Morgan fingerprint density at radius 2 is 1.56 bits per heavy atom. The van der Waals surface area contributed by atoms with Crippen molar-refractivity contribution in [1.29, 1.82) is 0 Å². The number of carboxylic acids is 1. The summed E-state index contributed by atoms with van der Waals surface area (Å²) in [6.45, 7) is -0.534. The zero-order valence-corrected chi connectivity index (χ0v) is 21.6. The molecule has 5 rings (SSSR count). The number of phenolic OH excluding ortho intramolecular Hbond substituents is 4. The number of aliphatic hydroxyl groups is 5. The highest BCUT2D eigenvalue weighted by Gasteiger charge is 2.52. The summed E-state index contributed by atoms with van der Waals surface area (Å²) in [7, 11) is 0. The molecule has 0 spiro atoms. The lowest BCUT2D eigenvalue weighted by molar-refractivity contribution is -0.341. The fourth-order valence-electron chi connectivity index (χ4n) is 4.68. The van der Waals surface area contributed by atoms with Crippen LogP contribution in [0, 0.1) is 0 Å². The van der Waals surface area contributed by atoms with E-state index < -0.39 is 113 Å². The summed E-state index contributed by atoms with van der Waals surface area (Å²) < 4.78 is 27.5. The van der Waals surface area contributed by atoms with Crippen LogP contribution in [0.5, 0.6) is 28.7 Å². The van der Waals surface area contributed by atoms with Gasteiger partial charge in [-0.3, -0.25) is 4.79 Å². The Morgan fingerprint density at radius 3 is 2.23 bits per heavy atom. The molecule has 0 aliphatic carbocycles. The summed E-state index contributed by atoms with van der Waals surface area (Å²) in [5.41, 5.74) is -1.59. The Kier molecular flexibility index (Phi) is 8.07. The summed E-state index contributed by atoms with van der Waals surface area (Å²) in [6, 6.07) is 4.98. The van der Waals surface area contributed by atoms with Crippen molar-refractivity contribution in [3.05, 3.63) is 40.6 Å². The maximum atomic E-state index is 13.7. The van der Waals surface area contributed by atoms with Crippen LogP contribution in [-0.2, 0) is 19.0 Å². The van der Waals surface area contributed by atoms with Gasteiger partial charge in [-0.1, -0.05) is 0 Å². The standard InChI is InChI=1S/C26H26O17/c27-8-4-11(30)14-13(5-8)40-20(7-1-2-9(28)10(29)3-7)21(16(14)33)41-26-23(18(35)17(34)22(42-26)24(37)38)43-25-19(36)15(32)12(31)6-39-25/h1-5,12,15,17-19,22-23,25-32,34-36H,6H2,(H,37,38)/t12-,15+,17+,18+,19-,22+,23-,25+,26-/m1/s1. The van der Waals surface area contributed by atoms with Gasteiger partial charge in [0.15, 0.2) is 35.8 Å². The van der Waals surface area contributed by atoms with Gasteiger partial charge < -0.3 is 74.4 Å². The predicted octanol–water partition coefficient (Wildman–Crippen LogP) is -1.98. The molecule has 43 heavy (non-hydrogen) atoms. The fourth-order valence-corrected chi connectivity index (χ4v) is 4.68. The van der Waals surface area contributed by atoms with Crippen LogP contribution in [0.1, 0.15) is 0 Å². The van der Waals surface area contributed by atoms with Crippen LogP contribution in [-0.4, -0.2) is 119 Å². The Bertz CT molecular complexity index is 1590. The van der Waals surface area contributed by atoms with E-state index in [1.807, 2.05) is 0 Å². The van der Waals surface area contributed by atoms with Crippen LogP contribution in [0.15, 0.2) is 39.5 Å².